The van der Waals surface area contributed by atoms with Crippen LogP contribution in [0.25, 0.3) is 0 Å². The minimum Gasteiger partial charge on any atom is -0.481 e. The summed E-state index contributed by atoms with van der Waals surface area (Å²) in [6, 6.07) is 15.2. The largest absolute Gasteiger partial charge is 0.481 e. The molecule has 2 aromatic rings. The predicted octanol–water partition coefficient (Wildman–Crippen LogP) is 3.78. The molecule has 0 fully saturated rings. The van der Waals surface area contributed by atoms with Crippen molar-refractivity contribution >= 4 is 23.5 Å². The van der Waals surface area contributed by atoms with Gasteiger partial charge in [0.05, 0.1) is 0 Å². The molecule has 0 bridgehead atoms. The molecular weight excluding hydrogens is 320 g/mol. The van der Waals surface area contributed by atoms with Crippen LogP contribution >= 0.6 is 11.8 Å². The highest BCUT2D eigenvalue weighted by molar-refractivity contribution is 7.98. The lowest BCUT2D eigenvalue weighted by atomic mass is 10.1. The fourth-order valence-electron chi connectivity index (χ4n) is 2.05. The van der Waals surface area contributed by atoms with E-state index in [4.69, 9.17) is 11.2 Å². The molecule has 0 aliphatic carbocycles. The highest BCUT2D eigenvalue weighted by atomic mass is 32.2. The van der Waals surface area contributed by atoms with E-state index in [2.05, 4.69) is 16.6 Å². The Hall–Kier alpha value is -2.58. The summed E-state index contributed by atoms with van der Waals surface area (Å²) in [5, 5.41) is 5.66. The number of terminal acetylenes is 1. The molecule has 0 radical (unpaired) electrons. The summed E-state index contributed by atoms with van der Waals surface area (Å²) in [5.74, 6) is 3.17. The van der Waals surface area contributed by atoms with Crippen LogP contribution in [0.15, 0.2) is 53.4 Å². The van der Waals surface area contributed by atoms with Crippen LogP contribution in [-0.2, 0) is 6.42 Å². The number of ether oxygens (including phenoxy) is 1. The van der Waals surface area contributed by atoms with Crippen LogP contribution in [0.3, 0.4) is 0 Å². The van der Waals surface area contributed by atoms with Gasteiger partial charge in [0.2, 0.25) is 0 Å². The second kappa shape index (κ2) is 9.53. The molecule has 0 saturated heterocycles. The van der Waals surface area contributed by atoms with Gasteiger partial charge in [0.1, 0.15) is 12.4 Å². The Morgan fingerprint density at radius 2 is 1.88 bits per heavy atom. The fourth-order valence-corrected chi connectivity index (χ4v) is 2.46. The number of rotatable bonds is 7. The van der Waals surface area contributed by atoms with Crippen molar-refractivity contribution in [3.8, 4) is 18.1 Å². The summed E-state index contributed by atoms with van der Waals surface area (Å²) in [6.07, 6.45) is 7.91. The lowest BCUT2D eigenvalue weighted by Gasteiger charge is -2.08. The van der Waals surface area contributed by atoms with Gasteiger partial charge in [0.25, 0.3) is 0 Å². The van der Waals surface area contributed by atoms with Crippen molar-refractivity contribution < 1.29 is 9.53 Å². The van der Waals surface area contributed by atoms with Crippen molar-refractivity contribution in [1.29, 1.82) is 0 Å². The third-order valence-corrected chi connectivity index (χ3v) is 4.04. The molecule has 2 amide bonds. The van der Waals surface area contributed by atoms with Crippen LogP contribution in [-0.4, -0.2) is 25.4 Å². The first-order valence-electron chi connectivity index (χ1n) is 7.55. The Morgan fingerprint density at radius 3 is 2.50 bits per heavy atom. The second-order valence-corrected chi connectivity index (χ2v) is 5.88. The maximum atomic E-state index is 11.9. The molecule has 0 saturated carbocycles. The molecule has 4 nitrogen and oxygen atoms in total. The molecular formula is C19H20N2O2S. The Bertz CT molecular complexity index is 691. The fraction of sp³-hybridized carbons (Fsp3) is 0.211. The third kappa shape index (κ3) is 5.90. The van der Waals surface area contributed by atoms with Gasteiger partial charge in [-0.3, -0.25) is 0 Å². The number of benzene rings is 2. The maximum absolute atomic E-state index is 11.9. The molecule has 0 aromatic heterocycles. The molecule has 0 atom stereocenters. The number of thioether (sulfide) groups is 1. The van der Waals surface area contributed by atoms with Crippen molar-refractivity contribution in [3.63, 3.8) is 0 Å². The average molecular weight is 340 g/mol. The summed E-state index contributed by atoms with van der Waals surface area (Å²) >= 11 is 1.67. The number of urea groups is 1. The van der Waals surface area contributed by atoms with Gasteiger partial charge in [-0.2, -0.15) is 0 Å². The number of nitrogens with one attached hydrogen (secondary N) is 2. The molecule has 0 spiro atoms. The molecule has 0 unspecified atom stereocenters. The van der Waals surface area contributed by atoms with E-state index in [0.29, 0.717) is 6.54 Å². The van der Waals surface area contributed by atoms with E-state index < -0.39 is 0 Å². The molecule has 0 aliphatic heterocycles. The molecule has 5 heteroatoms. The highest BCUT2D eigenvalue weighted by Gasteiger charge is 2.02. The Kier molecular flexibility index (Phi) is 7.06. The molecule has 0 aliphatic rings. The summed E-state index contributed by atoms with van der Waals surface area (Å²) in [5.41, 5.74) is 1.90. The zero-order chi connectivity index (χ0) is 17.2. The summed E-state index contributed by atoms with van der Waals surface area (Å²) < 4.78 is 5.32. The van der Waals surface area contributed by atoms with Crippen LogP contribution in [0.2, 0.25) is 0 Å². The first kappa shape index (κ1) is 17.8. The lowest BCUT2D eigenvalue weighted by molar-refractivity contribution is 0.252. The van der Waals surface area contributed by atoms with E-state index in [-0.39, 0.29) is 12.6 Å². The molecule has 2 N–H and O–H groups in total. The zero-order valence-corrected chi connectivity index (χ0v) is 14.4. The van der Waals surface area contributed by atoms with Crippen molar-refractivity contribution in [3.05, 3.63) is 54.1 Å². The van der Waals surface area contributed by atoms with Gasteiger partial charge >= 0.3 is 6.03 Å². The Labute approximate surface area is 147 Å². The van der Waals surface area contributed by atoms with Gasteiger partial charge in [-0.25, -0.2) is 4.79 Å². The van der Waals surface area contributed by atoms with Crippen molar-refractivity contribution in [2.45, 2.75) is 11.3 Å². The first-order chi connectivity index (χ1) is 11.7. The van der Waals surface area contributed by atoms with Crippen LogP contribution in [0.1, 0.15) is 5.56 Å². The summed E-state index contributed by atoms with van der Waals surface area (Å²) in [7, 11) is 0. The van der Waals surface area contributed by atoms with Crippen LogP contribution in [0, 0.1) is 12.3 Å². The molecule has 2 rings (SSSR count). The molecule has 2 aromatic carbocycles. The minimum atomic E-state index is -0.208. The quantitative estimate of drug-likeness (QED) is 0.596. The molecule has 0 heterocycles. The summed E-state index contributed by atoms with van der Waals surface area (Å²) in [6.45, 7) is 0.818. The van der Waals surface area contributed by atoms with Gasteiger partial charge < -0.3 is 15.4 Å². The van der Waals surface area contributed by atoms with Crippen molar-refractivity contribution in [2.75, 3.05) is 24.7 Å². The number of hydrogen-bond acceptors (Lipinski definition) is 3. The first-order valence-corrected chi connectivity index (χ1v) is 8.78. The smallest absolute Gasteiger partial charge is 0.319 e. The van der Waals surface area contributed by atoms with E-state index >= 15 is 0 Å². The predicted molar refractivity (Wildman–Crippen MR) is 99.7 cm³/mol. The number of carbonyl (C=O) groups is 1. The van der Waals surface area contributed by atoms with Gasteiger partial charge in [0, 0.05) is 17.1 Å². The van der Waals surface area contributed by atoms with Crippen LogP contribution < -0.4 is 15.4 Å². The van der Waals surface area contributed by atoms with E-state index in [1.807, 2.05) is 54.8 Å². The van der Waals surface area contributed by atoms with Crippen LogP contribution in [0.5, 0.6) is 5.75 Å². The Morgan fingerprint density at radius 1 is 1.17 bits per heavy atom. The highest BCUT2D eigenvalue weighted by Crippen LogP contribution is 2.17. The van der Waals surface area contributed by atoms with E-state index in [1.54, 1.807) is 11.8 Å². The second-order valence-electron chi connectivity index (χ2n) is 5.00. The van der Waals surface area contributed by atoms with E-state index in [9.17, 15) is 4.79 Å². The zero-order valence-electron chi connectivity index (χ0n) is 13.5. The van der Waals surface area contributed by atoms with E-state index in [1.165, 1.54) is 0 Å². The number of hydrogen-bond donors (Lipinski definition) is 2. The van der Waals surface area contributed by atoms with Crippen LogP contribution in [0.4, 0.5) is 10.5 Å². The average Bonchev–Trinajstić information content (AvgIpc) is 2.61. The number of amides is 2. The topological polar surface area (TPSA) is 50.4 Å². The van der Waals surface area contributed by atoms with Gasteiger partial charge in [-0.05, 0) is 54.6 Å². The molecule has 24 heavy (non-hydrogen) atoms. The Balaban J connectivity index is 1.72. The summed E-state index contributed by atoms with van der Waals surface area (Å²) in [4.78, 5) is 13.0. The van der Waals surface area contributed by atoms with Crippen molar-refractivity contribution in [1.82, 2.24) is 5.32 Å². The monoisotopic (exact) mass is 340 g/mol. The lowest BCUT2D eigenvalue weighted by Crippen LogP contribution is -2.30. The minimum absolute atomic E-state index is 0.208. The normalized spacial score (nSPS) is 9.83. The number of anilines is 1. The number of carbonyl (C=O) groups excluding carboxylic acids is 1. The SMILES string of the molecule is C#CCOc1ccc(CCNC(=O)Nc2ccc(SC)cc2)cc1. The van der Waals surface area contributed by atoms with E-state index in [0.717, 1.165) is 28.3 Å². The van der Waals surface area contributed by atoms with Gasteiger partial charge in [-0.15, -0.1) is 18.2 Å². The molecule has 124 valence electrons. The third-order valence-electron chi connectivity index (χ3n) is 3.29. The maximum Gasteiger partial charge on any atom is 0.319 e. The van der Waals surface area contributed by atoms with Gasteiger partial charge in [-0.1, -0.05) is 18.1 Å². The van der Waals surface area contributed by atoms with Crippen molar-refractivity contribution in [2.24, 2.45) is 0 Å². The van der Waals surface area contributed by atoms with Gasteiger partial charge in [0.15, 0.2) is 0 Å². The standard InChI is InChI=1S/C19H20N2O2S/c1-3-14-23-17-8-4-15(5-9-17)12-13-20-19(22)21-16-6-10-18(24-2)11-7-16/h1,4-11H,12-14H2,2H3,(H2,20,21,22).